The molecule has 2 rings (SSSR count). The van der Waals surface area contributed by atoms with Gasteiger partial charge < -0.3 is 19.4 Å². The fraction of sp³-hybridized carbons (Fsp3) is 0.591. The molecule has 0 saturated carbocycles. The fourth-order valence-corrected chi connectivity index (χ4v) is 3.47. The van der Waals surface area contributed by atoms with Gasteiger partial charge in [0.2, 0.25) is 0 Å². The Balaban J connectivity index is 2.23. The maximum Gasteiger partial charge on any atom is 0.412 e. The van der Waals surface area contributed by atoms with Gasteiger partial charge in [0.25, 0.3) is 0 Å². The van der Waals surface area contributed by atoms with Gasteiger partial charge in [0.05, 0.1) is 25.8 Å². The Bertz CT molecular complexity index is 696. The van der Waals surface area contributed by atoms with Gasteiger partial charge >= 0.3 is 6.09 Å². The van der Waals surface area contributed by atoms with Crippen molar-refractivity contribution in [3.05, 3.63) is 42.5 Å². The third-order valence-corrected chi connectivity index (χ3v) is 4.85. The molecule has 0 spiro atoms. The van der Waals surface area contributed by atoms with Crippen LogP contribution in [0.3, 0.4) is 0 Å². The summed E-state index contributed by atoms with van der Waals surface area (Å²) in [7, 11) is 1.61. The van der Waals surface area contributed by atoms with E-state index in [-0.39, 0.29) is 6.04 Å². The number of ether oxygens (including phenoxy) is 3. The van der Waals surface area contributed by atoms with Crippen molar-refractivity contribution in [2.45, 2.75) is 71.0 Å². The number of hydrogen-bond donors (Lipinski definition) is 1. The maximum atomic E-state index is 12.9. The molecule has 7 heteroatoms. The number of rotatable bonds is 7. The van der Waals surface area contributed by atoms with Crippen LogP contribution in [0.25, 0.3) is 0 Å². The van der Waals surface area contributed by atoms with Gasteiger partial charge in [-0.25, -0.2) is 4.79 Å². The van der Waals surface area contributed by atoms with E-state index >= 15 is 0 Å². The fourth-order valence-electron chi connectivity index (χ4n) is 3.47. The molecule has 0 aliphatic carbocycles. The highest BCUT2D eigenvalue weighted by Gasteiger charge is 2.49. The predicted molar refractivity (Wildman–Crippen MR) is 111 cm³/mol. The van der Waals surface area contributed by atoms with E-state index in [1.54, 1.807) is 18.1 Å². The molecule has 1 aromatic carbocycles. The SMILES string of the molecule is C=CC[C@H]([C@@H]1COC(C)(C)N1C(=O)OC(C)(C)C)N(O)Cc1ccc(OC)cc1. The highest BCUT2D eigenvalue weighted by Crippen LogP contribution is 2.33. The normalized spacial score (nSPS) is 19.9. The molecule has 162 valence electrons. The summed E-state index contributed by atoms with van der Waals surface area (Å²) in [6.45, 7) is 13.5. The number of benzene rings is 1. The second kappa shape index (κ2) is 9.15. The van der Waals surface area contributed by atoms with Gasteiger partial charge in [0.15, 0.2) is 0 Å². The number of hydrogen-bond acceptors (Lipinski definition) is 6. The summed E-state index contributed by atoms with van der Waals surface area (Å²) in [6.07, 6.45) is 1.76. The predicted octanol–water partition coefficient (Wildman–Crippen LogP) is 4.20. The molecule has 7 nitrogen and oxygen atoms in total. The van der Waals surface area contributed by atoms with Crippen LogP contribution in [0.2, 0.25) is 0 Å². The first kappa shape index (κ1) is 23.2. The van der Waals surface area contributed by atoms with E-state index in [9.17, 15) is 10.0 Å². The zero-order valence-electron chi connectivity index (χ0n) is 18.3. The van der Waals surface area contributed by atoms with Crippen LogP contribution in [0.5, 0.6) is 5.75 Å². The average Bonchev–Trinajstić information content (AvgIpc) is 2.93. The van der Waals surface area contributed by atoms with Gasteiger partial charge in [-0.2, -0.15) is 5.06 Å². The molecule has 0 radical (unpaired) electrons. The summed E-state index contributed by atoms with van der Waals surface area (Å²) >= 11 is 0. The Labute approximate surface area is 173 Å². The molecule has 1 N–H and O–H groups in total. The van der Waals surface area contributed by atoms with Gasteiger partial charge in [-0.3, -0.25) is 4.90 Å². The van der Waals surface area contributed by atoms with E-state index in [1.165, 1.54) is 5.06 Å². The van der Waals surface area contributed by atoms with Crippen LogP contribution in [0.4, 0.5) is 4.79 Å². The van der Waals surface area contributed by atoms with Crippen LogP contribution >= 0.6 is 0 Å². The molecule has 1 heterocycles. The highest BCUT2D eigenvalue weighted by molar-refractivity contribution is 5.70. The van der Waals surface area contributed by atoms with Crippen LogP contribution in [0.15, 0.2) is 36.9 Å². The molecular weight excluding hydrogens is 372 g/mol. The van der Waals surface area contributed by atoms with E-state index in [2.05, 4.69) is 6.58 Å². The summed E-state index contributed by atoms with van der Waals surface area (Å²) in [6, 6.07) is 6.70. The molecule has 0 unspecified atom stereocenters. The number of methoxy groups -OCH3 is 1. The molecule has 1 fully saturated rings. The molecule has 0 aromatic heterocycles. The van der Waals surface area contributed by atoms with Crippen molar-refractivity contribution in [3.8, 4) is 5.75 Å². The first-order chi connectivity index (χ1) is 13.5. The largest absolute Gasteiger partial charge is 0.497 e. The lowest BCUT2D eigenvalue weighted by Gasteiger charge is -2.39. The molecule has 29 heavy (non-hydrogen) atoms. The number of nitrogens with zero attached hydrogens (tertiary/aromatic N) is 2. The summed E-state index contributed by atoms with van der Waals surface area (Å²) in [5.41, 5.74) is -0.548. The third-order valence-electron chi connectivity index (χ3n) is 4.85. The van der Waals surface area contributed by atoms with Crippen LogP contribution in [0, 0.1) is 0 Å². The van der Waals surface area contributed by atoms with Gasteiger partial charge in [0, 0.05) is 6.54 Å². The first-order valence-electron chi connectivity index (χ1n) is 9.84. The molecule has 2 atom stereocenters. The van der Waals surface area contributed by atoms with Gasteiger partial charge in [-0.15, -0.1) is 6.58 Å². The first-order valence-corrected chi connectivity index (χ1v) is 9.84. The van der Waals surface area contributed by atoms with Gasteiger partial charge in [-0.1, -0.05) is 18.2 Å². The quantitative estimate of drug-likeness (QED) is 0.540. The summed E-state index contributed by atoms with van der Waals surface area (Å²) in [5.74, 6) is 0.753. The summed E-state index contributed by atoms with van der Waals surface area (Å²) < 4.78 is 16.7. The van der Waals surface area contributed by atoms with Crippen molar-refractivity contribution in [3.63, 3.8) is 0 Å². The van der Waals surface area contributed by atoms with Gasteiger partial charge in [0.1, 0.15) is 17.1 Å². The summed E-state index contributed by atoms with van der Waals surface area (Å²) in [4.78, 5) is 14.5. The zero-order chi connectivity index (χ0) is 21.8. The minimum Gasteiger partial charge on any atom is -0.497 e. The van der Waals surface area contributed by atoms with Crippen molar-refractivity contribution in [2.75, 3.05) is 13.7 Å². The van der Waals surface area contributed by atoms with Crippen molar-refractivity contribution in [2.24, 2.45) is 0 Å². The molecule has 0 bridgehead atoms. The van der Waals surface area contributed by atoms with E-state index in [1.807, 2.05) is 58.9 Å². The number of carbonyl (C=O) groups excluding carboxylic acids is 1. The molecule has 1 aromatic rings. The van der Waals surface area contributed by atoms with Crippen LogP contribution < -0.4 is 4.74 Å². The second-order valence-electron chi connectivity index (χ2n) is 8.71. The van der Waals surface area contributed by atoms with E-state index in [4.69, 9.17) is 14.2 Å². The standard InChI is InChI=1S/C22H34N2O5/c1-8-9-18(23(26)14-16-10-12-17(27-7)13-11-16)19-15-28-22(5,6)24(19)20(25)29-21(2,3)4/h8,10-13,18-19,26H,1,9,14-15H2,2-7H3/t18-,19+/m1/s1. The Hall–Kier alpha value is -2.09. The number of amides is 1. The minimum atomic E-state index is -0.840. The minimum absolute atomic E-state index is 0.293. The monoisotopic (exact) mass is 406 g/mol. The van der Waals surface area contributed by atoms with Gasteiger partial charge in [-0.05, 0) is 58.7 Å². The lowest BCUT2D eigenvalue weighted by molar-refractivity contribution is -0.151. The van der Waals surface area contributed by atoms with E-state index < -0.39 is 23.5 Å². The van der Waals surface area contributed by atoms with Crippen molar-refractivity contribution < 1.29 is 24.2 Å². The van der Waals surface area contributed by atoms with Crippen molar-refractivity contribution in [1.29, 1.82) is 0 Å². The smallest absolute Gasteiger partial charge is 0.412 e. The molecule has 1 saturated heterocycles. The maximum absolute atomic E-state index is 12.9. The average molecular weight is 407 g/mol. The molecular formula is C22H34N2O5. The van der Waals surface area contributed by atoms with Crippen molar-refractivity contribution >= 4 is 6.09 Å². The Morgan fingerprint density at radius 3 is 2.55 bits per heavy atom. The topological polar surface area (TPSA) is 71.5 Å². The molecule has 1 amide bonds. The Morgan fingerprint density at radius 2 is 2.03 bits per heavy atom. The van der Waals surface area contributed by atoms with E-state index in [0.29, 0.717) is 19.6 Å². The van der Waals surface area contributed by atoms with E-state index in [0.717, 1.165) is 11.3 Å². The number of carbonyl (C=O) groups is 1. The van der Waals surface area contributed by atoms with Crippen LogP contribution in [0.1, 0.15) is 46.6 Å². The number of hydroxylamine groups is 2. The molecule has 1 aliphatic rings. The third kappa shape index (κ3) is 5.95. The van der Waals surface area contributed by atoms with Crippen molar-refractivity contribution in [1.82, 2.24) is 9.96 Å². The Morgan fingerprint density at radius 1 is 1.41 bits per heavy atom. The molecule has 1 aliphatic heterocycles. The second-order valence-corrected chi connectivity index (χ2v) is 8.71. The Kier molecular flexibility index (Phi) is 7.32. The lowest BCUT2D eigenvalue weighted by atomic mass is 10.0. The lowest BCUT2D eigenvalue weighted by Crippen LogP contribution is -2.56. The van der Waals surface area contributed by atoms with Crippen LogP contribution in [-0.4, -0.2) is 58.4 Å². The zero-order valence-corrected chi connectivity index (χ0v) is 18.3. The summed E-state index contributed by atoms with van der Waals surface area (Å²) in [5, 5.41) is 12.1. The highest BCUT2D eigenvalue weighted by atomic mass is 16.6. The van der Waals surface area contributed by atoms with Crippen LogP contribution in [-0.2, 0) is 16.0 Å².